The van der Waals surface area contributed by atoms with Gasteiger partial charge in [0.1, 0.15) is 17.9 Å². The van der Waals surface area contributed by atoms with E-state index in [1.807, 2.05) is 36.4 Å². The number of hydrogen-bond acceptors (Lipinski definition) is 6. The van der Waals surface area contributed by atoms with Crippen molar-refractivity contribution in [3.05, 3.63) is 77.6 Å². The molecule has 3 amide bonds. The molecule has 2 aromatic rings. The number of rotatable bonds is 11. The van der Waals surface area contributed by atoms with Gasteiger partial charge in [-0.05, 0) is 62.9 Å². The van der Waals surface area contributed by atoms with E-state index in [1.165, 1.54) is 30.3 Å². The summed E-state index contributed by atoms with van der Waals surface area (Å²) >= 11 is 0. The number of amides is 3. The Hall–Kier alpha value is -4.52. The van der Waals surface area contributed by atoms with E-state index in [4.69, 9.17) is 4.74 Å². The van der Waals surface area contributed by atoms with Gasteiger partial charge < -0.3 is 20.7 Å². The number of benzene rings is 2. The minimum Gasteiger partial charge on any atom is -0.444 e. The lowest BCUT2D eigenvalue weighted by Gasteiger charge is -2.29. The Bertz CT molecular complexity index is 1300. The van der Waals surface area contributed by atoms with Crippen LogP contribution in [0.2, 0.25) is 0 Å². The summed E-state index contributed by atoms with van der Waals surface area (Å²) in [5, 5.41) is 18.1. The monoisotopic (exact) mass is 562 g/mol. The zero-order valence-electron chi connectivity index (χ0n) is 23.4. The lowest BCUT2D eigenvalue weighted by atomic mass is 9.93. The van der Waals surface area contributed by atoms with E-state index in [2.05, 4.69) is 16.0 Å². The molecule has 0 unspecified atom stereocenters. The molecule has 0 spiro atoms. The zero-order valence-corrected chi connectivity index (χ0v) is 23.4. The van der Waals surface area contributed by atoms with Gasteiger partial charge >= 0.3 is 5.97 Å². The van der Waals surface area contributed by atoms with E-state index in [0.29, 0.717) is 18.5 Å². The fourth-order valence-corrected chi connectivity index (χ4v) is 4.23. The molecular weight excluding hydrogens is 527 g/mol. The maximum Gasteiger partial charge on any atom is 0.312 e. The summed E-state index contributed by atoms with van der Waals surface area (Å²) in [5.74, 6) is -2.99. The first-order valence-electron chi connectivity index (χ1n) is 13.4. The van der Waals surface area contributed by atoms with Crippen LogP contribution in [-0.2, 0) is 30.3 Å². The molecule has 2 aromatic carbocycles. The number of nitrogens with one attached hydrogen (secondary N) is 3. The highest BCUT2D eigenvalue weighted by molar-refractivity contribution is 5.95. The minimum absolute atomic E-state index is 0.0205. The minimum atomic E-state index is -1.38. The normalized spacial score (nSPS) is 17.1. The third-order valence-electron chi connectivity index (χ3n) is 6.58. The van der Waals surface area contributed by atoms with Gasteiger partial charge in [-0.3, -0.25) is 19.2 Å². The summed E-state index contributed by atoms with van der Waals surface area (Å²) < 4.78 is 19.0. The molecule has 1 saturated heterocycles. The molecule has 0 aromatic heterocycles. The van der Waals surface area contributed by atoms with E-state index in [1.54, 1.807) is 26.8 Å². The molecule has 9 nitrogen and oxygen atoms in total. The molecule has 0 aliphatic carbocycles. The van der Waals surface area contributed by atoms with Crippen molar-refractivity contribution in [1.29, 1.82) is 5.26 Å². The van der Waals surface area contributed by atoms with Crippen molar-refractivity contribution in [2.24, 2.45) is 11.3 Å². The standard InChI is InChI=1S/C31H35FN4O5/c1-31(2,3)30(40)41-26(19-33)24(18-22-15-16-34-28(22)38)36-29(39)25(17-21-9-12-23(32)13-10-21)35-27(37)14-11-20-7-5-4-6-8-20/h4-14,22,24-26H,15-18H2,1-3H3,(H,34,38)(H,35,37)(H,36,39)/b14-11+/t22-,24-,25-,26-/m0/s1. The van der Waals surface area contributed by atoms with Gasteiger partial charge in [-0.25, -0.2) is 4.39 Å². The zero-order chi connectivity index (χ0) is 30.0. The average Bonchev–Trinajstić information content (AvgIpc) is 3.34. The first kappa shape index (κ1) is 31.0. The number of ether oxygens (including phenoxy) is 1. The number of halogens is 1. The molecular formula is C31H35FN4O5. The second-order valence-electron chi connectivity index (χ2n) is 11.0. The number of carbonyl (C=O) groups is 4. The van der Waals surface area contributed by atoms with E-state index < -0.39 is 53.1 Å². The van der Waals surface area contributed by atoms with Gasteiger partial charge in [0.2, 0.25) is 23.8 Å². The number of hydrogen-bond donors (Lipinski definition) is 3. The van der Waals surface area contributed by atoms with Gasteiger partial charge in [0, 0.05) is 25.0 Å². The van der Waals surface area contributed by atoms with Crippen LogP contribution in [0.1, 0.15) is 44.7 Å². The third kappa shape index (κ3) is 9.57. The smallest absolute Gasteiger partial charge is 0.312 e. The molecule has 1 aliphatic rings. The van der Waals surface area contributed by atoms with Crippen molar-refractivity contribution in [3.8, 4) is 6.07 Å². The molecule has 0 radical (unpaired) electrons. The largest absolute Gasteiger partial charge is 0.444 e. The van der Waals surface area contributed by atoms with E-state index in [0.717, 1.165) is 5.56 Å². The topological polar surface area (TPSA) is 137 Å². The van der Waals surface area contributed by atoms with Crippen LogP contribution >= 0.6 is 0 Å². The summed E-state index contributed by atoms with van der Waals surface area (Å²) in [6.45, 7) is 5.37. The van der Waals surface area contributed by atoms with Gasteiger partial charge in [0.25, 0.3) is 0 Å². The fraction of sp³-hybridized carbons (Fsp3) is 0.387. The van der Waals surface area contributed by atoms with E-state index in [9.17, 15) is 28.8 Å². The highest BCUT2D eigenvalue weighted by atomic mass is 19.1. The second kappa shape index (κ2) is 14.2. The predicted molar refractivity (Wildman–Crippen MR) is 150 cm³/mol. The van der Waals surface area contributed by atoms with E-state index >= 15 is 0 Å². The molecule has 0 saturated carbocycles. The van der Waals surface area contributed by atoms with Gasteiger partial charge in [-0.2, -0.15) is 5.26 Å². The highest BCUT2D eigenvalue weighted by Gasteiger charge is 2.37. The SMILES string of the molecule is CC(C)(C)C(=O)O[C@@H](C#N)[C@H](C[C@@H]1CCNC1=O)NC(=O)[C@H](Cc1ccc(F)cc1)NC(=O)/C=C/c1ccccc1. The first-order chi connectivity index (χ1) is 19.5. The lowest BCUT2D eigenvalue weighted by Crippen LogP contribution is -2.54. The third-order valence-corrected chi connectivity index (χ3v) is 6.58. The van der Waals surface area contributed by atoms with Gasteiger partial charge in [0.05, 0.1) is 11.5 Å². The summed E-state index contributed by atoms with van der Waals surface area (Å²) in [4.78, 5) is 51.4. The van der Waals surface area contributed by atoms with Gasteiger partial charge in [-0.15, -0.1) is 0 Å². The van der Waals surface area contributed by atoms with Crippen LogP contribution in [0.5, 0.6) is 0 Å². The van der Waals surface area contributed by atoms with Crippen LogP contribution in [0.3, 0.4) is 0 Å². The molecule has 4 atom stereocenters. The van der Waals surface area contributed by atoms with E-state index in [-0.39, 0.29) is 18.7 Å². The molecule has 1 aliphatic heterocycles. The Morgan fingerprint density at radius 2 is 1.80 bits per heavy atom. The van der Waals surface area contributed by atoms with Crippen LogP contribution in [0, 0.1) is 28.5 Å². The van der Waals surface area contributed by atoms with Crippen LogP contribution in [0.15, 0.2) is 60.7 Å². The lowest BCUT2D eigenvalue weighted by molar-refractivity contribution is -0.158. The van der Waals surface area contributed by atoms with Gasteiger partial charge in [0.15, 0.2) is 0 Å². The summed E-state index contributed by atoms with van der Waals surface area (Å²) in [6, 6.07) is 14.4. The molecule has 3 rings (SSSR count). The Morgan fingerprint density at radius 1 is 1.12 bits per heavy atom. The molecule has 0 bridgehead atoms. The molecule has 216 valence electrons. The first-order valence-corrected chi connectivity index (χ1v) is 13.4. The quantitative estimate of drug-likeness (QED) is 0.284. The van der Waals surface area contributed by atoms with Crippen molar-refractivity contribution < 1.29 is 28.3 Å². The Kier molecular flexibility index (Phi) is 10.8. The second-order valence-corrected chi connectivity index (χ2v) is 11.0. The Labute approximate surface area is 239 Å². The molecule has 10 heteroatoms. The number of nitriles is 1. The van der Waals surface area contributed by atoms with Crippen molar-refractivity contribution in [3.63, 3.8) is 0 Å². The maximum absolute atomic E-state index is 13.6. The molecule has 1 heterocycles. The van der Waals surface area contributed by atoms with Crippen molar-refractivity contribution >= 4 is 29.8 Å². The molecule has 3 N–H and O–H groups in total. The molecule has 41 heavy (non-hydrogen) atoms. The number of nitrogens with zero attached hydrogens (tertiary/aromatic N) is 1. The summed E-state index contributed by atoms with van der Waals surface area (Å²) in [6.07, 6.45) is 2.09. The average molecular weight is 563 g/mol. The Balaban J connectivity index is 1.84. The Morgan fingerprint density at radius 3 is 2.39 bits per heavy atom. The maximum atomic E-state index is 13.6. The van der Waals surface area contributed by atoms with Crippen LogP contribution in [0.25, 0.3) is 6.08 Å². The van der Waals surface area contributed by atoms with Gasteiger partial charge in [-0.1, -0.05) is 42.5 Å². The summed E-state index contributed by atoms with van der Waals surface area (Å²) in [7, 11) is 0. The fourth-order valence-electron chi connectivity index (χ4n) is 4.23. The van der Waals surface area contributed by atoms with Crippen molar-refractivity contribution in [2.75, 3.05) is 6.54 Å². The molecule has 1 fully saturated rings. The van der Waals surface area contributed by atoms with Crippen LogP contribution < -0.4 is 16.0 Å². The number of esters is 1. The van der Waals surface area contributed by atoms with Crippen LogP contribution in [0.4, 0.5) is 4.39 Å². The number of carbonyl (C=O) groups excluding carboxylic acids is 4. The van der Waals surface area contributed by atoms with Crippen LogP contribution in [-0.4, -0.2) is 48.4 Å². The summed E-state index contributed by atoms with van der Waals surface area (Å²) in [5.41, 5.74) is 0.467. The van der Waals surface area contributed by atoms with Crippen molar-refractivity contribution in [1.82, 2.24) is 16.0 Å². The van der Waals surface area contributed by atoms with Crippen molar-refractivity contribution in [2.45, 2.75) is 58.2 Å². The predicted octanol–water partition coefficient (Wildman–Crippen LogP) is 3.06. The highest BCUT2D eigenvalue weighted by Crippen LogP contribution is 2.22.